The summed E-state index contributed by atoms with van der Waals surface area (Å²) in [6, 6.07) is 12.4. The average Bonchev–Trinajstić information content (AvgIpc) is 3.11. The quantitative estimate of drug-likeness (QED) is 0.825. The molecule has 25 heavy (non-hydrogen) atoms. The molecule has 1 amide bonds. The fourth-order valence-electron chi connectivity index (χ4n) is 2.87. The Labute approximate surface area is 151 Å². The lowest BCUT2D eigenvalue weighted by atomic mass is 10.0. The van der Waals surface area contributed by atoms with Crippen LogP contribution in [-0.4, -0.2) is 24.1 Å². The van der Waals surface area contributed by atoms with E-state index in [9.17, 15) is 4.79 Å². The first-order valence-corrected chi connectivity index (χ1v) is 8.33. The number of amides is 1. The molecule has 1 aliphatic rings. The number of carbonyl (C=O) groups is 1. The molecule has 0 spiro atoms. The highest BCUT2D eigenvalue weighted by atomic mass is 35.5. The Kier molecular flexibility index (Phi) is 4.82. The number of nitrogens with zero attached hydrogens (tertiary/aromatic N) is 2. The van der Waals surface area contributed by atoms with Crippen LogP contribution in [0.3, 0.4) is 0 Å². The van der Waals surface area contributed by atoms with E-state index in [0.717, 1.165) is 5.56 Å². The van der Waals surface area contributed by atoms with Gasteiger partial charge in [0.25, 0.3) is 5.91 Å². The fourth-order valence-corrected chi connectivity index (χ4v) is 3.13. The summed E-state index contributed by atoms with van der Waals surface area (Å²) in [7, 11) is 0. The zero-order valence-corrected chi connectivity index (χ0v) is 14.7. The van der Waals surface area contributed by atoms with Gasteiger partial charge in [-0.2, -0.15) is 5.26 Å². The number of ether oxygens (including phenoxy) is 2. The van der Waals surface area contributed by atoms with Gasteiger partial charge in [0.15, 0.2) is 11.5 Å². The van der Waals surface area contributed by atoms with Crippen LogP contribution >= 0.6 is 11.6 Å². The molecule has 0 fully saturated rings. The highest BCUT2D eigenvalue weighted by Crippen LogP contribution is 2.40. The summed E-state index contributed by atoms with van der Waals surface area (Å²) >= 11 is 6.19. The molecule has 0 aliphatic carbocycles. The number of hydrogen-bond donors (Lipinski definition) is 0. The highest BCUT2D eigenvalue weighted by molar-refractivity contribution is 6.32. The number of carbonyl (C=O) groups excluding carboxylic acids is 1. The minimum absolute atomic E-state index is 0.103. The third-order valence-electron chi connectivity index (χ3n) is 4.27. The number of fused-ring (bicyclic) bond motifs is 1. The molecule has 0 saturated heterocycles. The second-order valence-corrected chi connectivity index (χ2v) is 6.10. The lowest BCUT2D eigenvalue weighted by Crippen LogP contribution is -2.33. The maximum Gasteiger partial charge on any atom is 0.254 e. The van der Waals surface area contributed by atoms with Gasteiger partial charge in [-0.05, 0) is 43.7 Å². The van der Waals surface area contributed by atoms with Crippen LogP contribution in [0.15, 0.2) is 36.4 Å². The summed E-state index contributed by atoms with van der Waals surface area (Å²) in [5, 5.41) is 9.27. The summed E-state index contributed by atoms with van der Waals surface area (Å²) in [6.07, 6.45) is 0. The Morgan fingerprint density at radius 1 is 1.32 bits per heavy atom. The standard InChI is InChI=1S/C19H17ClN2O3/c1-3-22(12(2)14-6-4-13(10-21)5-7-14)19(23)15-8-16(20)18-17(9-15)24-11-25-18/h4-9,12H,3,11H2,1-2H3. The van der Waals surface area contributed by atoms with Crippen LogP contribution in [0.1, 0.15) is 41.4 Å². The predicted molar refractivity (Wildman–Crippen MR) is 93.9 cm³/mol. The van der Waals surface area contributed by atoms with Crippen molar-refractivity contribution < 1.29 is 14.3 Å². The first kappa shape index (κ1) is 17.1. The van der Waals surface area contributed by atoms with E-state index in [1.807, 2.05) is 26.0 Å². The Balaban J connectivity index is 1.88. The van der Waals surface area contributed by atoms with E-state index >= 15 is 0 Å². The van der Waals surface area contributed by atoms with E-state index in [2.05, 4.69) is 6.07 Å². The largest absolute Gasteiger partial charge is 0.454 e. The van der Waals surface area contributed by atoms with Gasteiger partial charge in [-0.15, -0.1) is 0 Å². The van der Waals surface area contributed by atoms with Crippen LogP contribution < -0.4 is 9.47 Å². The van der Waals surface area contributed by atoms with E-state index in [4.69, 9.17) is 26.3 Å². The van der Waals surface area contributed by atoms with Gasteiger partial charge in [-0.3, -0.25) is 4.79 Å². The van der Waals surface area contributed by atoms with Crippen molar-refractivity contribution in [3.63, 3.8) is 0 Å². The molecule has 1 atom stereocenters. The lowest BCUT2D eigenvalue weighted by Gasteiger charge is -2.28. The van der Waals surface area contributed by atoms with Crippen molar-refractivity contribution in [3.05, 3.63) is 58.1 Å². The smallest absolute Gasteiger partial charge is 0.254 e. The monoisotopic (exact) mass is 356 g/mol. The van der Waals surface area contributed by atoms with Crippen LogP contribution in [0.4, 0.5) is 0 Å². The second kappa shape index (κ2) is 7.04. The van der Waals surface area contributed by atoms with Crippen molar-refractivity contribution in [3.8, 4) is 17.6 Å². The second-order valence-electron chi connectivity index (χ2n) is 5.69. The molecule has 0 aromatic heterocycles. The predicted octanol–water partition coefficient (Wildman–Crippen LogP) is 4.16. The maximum atomic E-state index is 13.0. The van der Waals surface area contributed by atoms with E-state index < -0.39 is 0 Å². The minimum Gasteiger partial charge on any atom is -0.454 e. The molecule has 128 valence electrons. The molecule has 0 N–H and O–H groups in total. The maximum absolute atomic E-state index is 13.0. The van der Waals surface area contributed by atoms with Gasteiger partial charge in [0, 0.05) is 12.1 Å². The molecule has 5 nitrogen and oxygen atoms in total. The molecule has 6 heteroatoms. The van der Waals surface area contributed by atoms with Crippen molar-refractivity contribution in [2.75, 3.05) is 13.3 Å². The molecule has 0 bridgehead atoms. The van der Waals surface area contributed by atoms with Crippen LogP contribution in [0.5, 0.6) is 11.5 Å². The highest BCUT2D eigenvalue weighted by Gasteiger charge is 2.25. The molecule has 2 aromatic rings. The van der Waals surface area contributed by atoms with Crippen LogP contribution in [0.25, 0.3) is 0 Å². The summed E-state index contributed by atoms with van der Waals surface area (Å²) < 4.78 is 10.6. The van der Waals surface area contributed by atoms with Crippen molar-refractivity contribution >= 4 is 17.5 Å². The summed E-state index contributed by atoms with van der Waals surface area (Å²) in [6.45, 7) is 4.52. The summed E-state index contributed by atoms with van der Waals surface area (Å²) in [5.74, 6) is 0.818. The van der Waals surface area contributed by atoms with Gasteiger partial charge < -0.3 is 14.4 Å². The molecule has 1 unspecified atom stereocenters. The van der Waals surface area contributed by atoms with Gasteiger partial charge in [0.05, 0.1) is 22.7 Å². The molecule has 0 radical (unpaired) electrons. The normalized spacial score (nSPS) is 13.2. The number of hydrogen-bond acceptors (Lipinski definition) is 4. The van der Waals surface area contributed by atoms with E-state index in [-0.39, 0.29) is 18.7 Å². The van der Waals surface area contributed by atoms with Gasteiger partial charge in [-0.25, -0.2) is 0 Å². The zero-order chi connectivity index (χ0) is 18.0. The van der Waals surface area contributed by atoms with E-state index in [1.54, 1.807) is 29.2 Å². The number of halogens is 1. The lowest BCUT2D eigenvalue weighted by molar-refractivity contribution is 0.0702. The first-order chi connectivity index (χ1) is 12.0. The Hall–Kier alpha value is -2.71. The zero-order valence-electron chi connectivity index (χ0n) is 14.0. The van der Waals surface area contributed by atoms with Crippen molar-refractivity contribution in [2.24, 2.45) is 0 Å². The third kappa shape index (κ3) is 3.26. The number of rotatable bonds is 4. The van der Waals surface area contributed by atoms with E-state index in [0.29, 0.717) is 34.2 Å². The van der Waals surface area contributed by atoms with Crippen LogP contribution in [0, 0.1) is 11.3 Å². The molecule has 2 aromatic carbocycles. The summed E-state index contributed by atoms with van der Waals surface area (Å²) in [5.41, 5.74) is 2.01. The van der Waals surface area contributed by atoms with Crippen molar-refractivity contribution in [2.45, 2.75) is 19.9 Å². The molecule has 1 aliphatic heterocycles. The Bertz CT molecular complexity index is 843. The molecule has 0 saturated carbocycles. The Morgan fingerprint density at radius 3 is 2.68 bits per heavy atom. The average molecular weight is 357 g/mol. The van der Waals surface area contributed by atoms with Crippen molar-refractivity contribution in [1.82, 2.24) is 4.90 Å². The Morgan fingerprint density at radius 2 is 2.04 bits per heavy atom. The van der Waals surface area contributed by atoms with E-state index in [1.165, 1.54) is 0 Å². The molecule has 3 rings (SSSR count). The van der Waals surface area contributed by atoms with Crippen molar-refractivity contribution in [1.29, 1.82) is 5.26 Å². The topological polar surface area (TPSA) is 62.6 Å². The van der Waals surface area contributed by atoms with Gasteiger partial charge in [0.2, 0.25) is 6.79 Å². The minimum atomic E-state index is -0.144. The SMILES string of the molecule is CCN(C(=O)c1cc(Cl)c2c(c1)OCO2)C(C)c1ccc(C#N)cc1. The fraction of sp³-hybridized carbons (Fsp3) is 0.263. The van der Waals surface area contributed by atoms with Gasteiger partial charge >= 0.3 is 0 Å². The number of benzene rings is 2. The molecular weight excluding hydrogens is 340 g/mol. The number of nitriles is 1. The first-order valence-electron chi connectivity index (χ1n) is 7.95. The summed E-state index contributed by atoms with van der Waals surface area (Å²) in [4.78, 5) is 14.7. The van der Waals surface area contributed by atoms with Crippen LogP contribution in [-0.2, 0) is 0 Å². The van der Waals surface area contributed by atoms with Crippen LogP contribution in [0.2, 0.25) is 5.02 Å². The third-order valence-corrected chi connectivity index (χ3v) is 4.55. The molecule has 1 heterocycles. The van der Waals surface area contributed by atoms with Gasteiger partial charge in [0.1, 0.15) is 0 Å². The molecular formula is C19H17ClN2O3. The van der Waals surface area contributed by atoms with Gasteiger partial charge in [-0.1, -0.05) is 23.7 Å².